The Morgan fingerprint density at radius 1 is 1.32 bits per heavy atom. The number of hydrogen-bond donors (Lipinski definition) is 1. The maximum absolute atomic E-state index is 12.4. The lowest BCUT2D eigenvalue weighted by molar-refractivity contribution is -0.117. The van der Waals surface area contributed by atoms with Gasteiger partial charge in [0.1, 0.15) is 5.82 Å². The maximum atomic E-state index is 12.4. The van der Waals surface area contributed by atoms with Gasteiger partial charge in [-0.25, -0.2) is 4.98 Å². The van der Waals surface area contributed by atoms with E-state index in [1.165, 1.54) is 0 Å². The summed E-state index contributed by atoms with van der Waals surface area (Å²) in [5.74, 6) is 0.943. The molecule has 7 heteroatoms. The van der Waals surface area contributed by atoms with E-state index in [0.29, 0.717) is 18.0 Å². The molecule has 1 aliphatic heterocycles. The molecule has 0 bridgehead atoms. The van der Waals surface area contributed by atoms with Gasteiger partial charge in [0.05, 0.1) is 12.2 Å². The number of fused-ring (bicyclic) bond motifs is 1. The Morgan fingerprint density at radius 3 is 3.00 bits per heavy atom. The van der Waals surface area contributed by atoms with Crippen LogP contribution < -0.4 is 10.2 Å². The Morgan fingerprint density at radius 2 is 2.20 bits per heavy atom. The molecule has 128 valence electrons. The number of halogens is 1. The smallest absolute Gasteiger partial charge is 0.229 e. The second kappa shape index (κ2) is 6.37. The number of carbonyl (C=O) groups is 1. The number of benzene rings is 1. The number of nitrogens with zero attached hydrogens (tertiary/aromatic N) is 4. The maximum Gasteiger partial charge on any atom is 0.229 e. The van der Waals surface area contributed by atoms with E-state index >= 15 is 0 Å². The molecule has 1 unspecified atom stereocenters. The van der Waals surface area contributed by atoms with Crippen LogP contribution in [0.2, 0.25) is 5.02 Å². The van der Waals surface area contributed by atoms with E-state index < -0.39 is 0 Å². The molecule has 0 saturated carbocycles. The SMILES string of the molecule is CCc1cc(NC2CC(=O)N(c3cccc(Cl)c3)C2)n2nccc2n1. The van der Waals surface area contributed by atoms with E-state index in [0.717, 1.165) is 29.3 Å². The van der Waals surface area contributed by atoms with Crippen molar-refractivity contribution in [2.24, 2.45) is 0 Å². The first-order chi connectivity index (χ1) is 12.1. The minimum Gasteiger partial charge on any atom is -0.365 e. The van der Waals surface area contributed by atoms with Crippen LogP contribution in [-0.2, 0) is 11.2 Å². The van der Waals surface area contributed by atoms with Crippen LogP contribution in [0.1, 0.15) is 19.0 Å². The molecule has 1 saturated heterocycles. The lowest BCUT2D eigenvalue weighted by atomic mass is 10.2. The van der Waals surface area contributed by atoms with Crippen LogP contribution in [-0.4, -0.2) is 33.1 Å². The fourth-order valence-electron chi connectivity index (χ4n) is 3.16. The zero-order chi connectivity index (χ0) is 17.4. The summed E-state index contributed by atoms with van der Waals surface area (Å²) in [5.41, 5.74) is 2.62. The Labute approximate surface area is 150 Å². The molecule has 3 heterocycles. The van der Waals surface area contributed by atoms with E-state index in [-0.39, 0.29) is 11.9 Å². The zero-order valence-corrected chi connectivity index (χ0v) is 14.6. The summed E-state index contributed by atoms with van der Waals surface area (Å²) in [6.45, 7) is 2.66. The van der Waals surface area contributed by atoms with Crippen molar-refractivity contribution < 1.29 is 4.79 Å². The molecule has 25 heavy (non-hydrogen) atoms. The lowest BCUT2D eigenvalue weighted by Gasteiger charge is -2.18. The number of amides is 1. The summed E-state index contributed by atoms with van der Waals surface area (Å²) < 4.78 is 1.77. The molecule has 4 rings (SSSR count). The van der Waals surface area contributed by atoms with Crippen molar-refractivity contribution in [3.63, 3.8) is 0 Å². The van der Waals surface area contributed by atoms with Crippen LogP contribution in [0.5, 0.6) is 0 Å². The Balaban J connectivity index is 1.58. The van der Waals surface area contributed by atoms with Crippen LogP contribution in [0, 0.1) is 0 Å². The standard InChI is InChI=1S/C18H18ClN5O/c1-2-13-9-17(24-16(21-13)6-7-20-24)22-14-10-18(25)23(11-14)15-5-3-4-12(19)8-15/h3-9,14,22H,2,10-11H2,1H3. The van der Waals surface area contributed by atoms with Gasteiger partial charge in [0.2, 0.25) is 5.91 Å². The third-order valence-corrected chi connectivity index (χ3v) is 4.61. The molecule has 3 aromatic rings. The lowest BCUT2D eigenvalue weighted by Crippen LogP contribution is -2.28. The third kappa shape index (κ3) is 3.05. The van der Waals surface area contributed by atoms with E-state index in [1.807, 2.05) is 30.3 Å². The van der Waals surface area contributed by atoms with Crippen molar-refractivity contribution in [1.29, 1.82) is 0 Å². The van der Waals surface area contributed by atoms with Gasteiger partial charge in [0.15, 0.2) is 5.65 Å². The number of aryl methyl sites for hydroxylation is 1. The summed E-state index contributed by atoms with van der Waals surface area (Å²) in [7, 11) is 0. The molecular formula is C18H18ClN5O. The van der Waals surface area contributed by atoms with Crippen molar-refractivity contribution in [1.82, 2.24) is 14.6 Å². The minimum atomic E-state index is 0.00554. The predicted molar refractivity (Wildman–Crippen MR) is 98.2 cm³/mol. The summed E-state index contributed by atoms with van der Waals surface area (Å²) in [5, 5.41) is 8.40. The van der Waals surface area contributed by atoms with Crippen molar-refractivity contribution in [2.75, 3.05) is 16.8 Å². The molecule has 2 aromatic heterocycles. The third-order valence-electron chi connectivity index (χ3n) is 4.37. The molecule has 0 spiro atoms. The molecule has 1 aliphatic rings. The highest BCUT2D eigenvalue weighted by atomic mass is 35.5. The van der Waals surface area contributed by atoms with Gasteiger partial charge in [-0.2, -0.15) is 9.61 Å². The second-order valence-electron chi connectivity index (χ2n) is 6.12. The van der Waals surface area contributed by atoms with Gasteiger partial charge in [-0.15, -0.1) is 0 Å². The first-order valence-electron chi connectivity index (χ1n) is 8.30. The van der Waals surface area contributed by atoms with Crippen LogP contribution in [0.3, 0.4) is 0 Å². The molecule has 1 N–H and O–H groups in total. The van der Waals surface area contributed by atoms with E-state index in [1.54, 1.807) is 21.7 Å². The second-order valence-corrected chi connectivity index (χ2v) is 6.55. The molecular weight excluding hydrogens is 338 g/mol. The minimum absolute atomic E-state index is 0.00554. The number of carbonyl (C=O) groups excluding carboxylic acids is 1. The Hall–Kier alpha value is -2.60. The largest absolute Gasteiger partial charge is 0.365 e. The summed E-state index contributed by atoms with van der Waals surface area (Å²) in [4.78, 5) is 18.7. The van der Waals surface area contributed by atoms with Crippen LogP contribution in [0.4, 0.5) is 11.5 Å². The predicted octanol–water partition coefficient (Wildman–Crippen LogP) is 3.16. The topological polar surface area (TPSA) is 62.5 Å². The first kappa shape index (κ1) is 15.9. The highest BCUT2D eigenvalue weighted by molar-refractivity contribution is 6.30. The monoisotopic (exact) mass is 355 g/mol. The summed E-state index contributed by atoms with van der Waals surface area (Å²) in [6.07, 6.45) is 3.00. The Kier molecular flexibility index (Phi) is 4.05. The van der Waals surface area contributed by atoms with Crippen LogP contribution in [0.15, 0.2) is 42.6 Å². The van der Waals surface area contributed by atoms with Gasteiger partial charge in [-0.3, -0.25) is 4.79 Å². The van der Waals surface area contributed by atoms with Gasteiger partial charge in [0, 0.05) is 41.5 Å². The van der Waals surface area contributed by atoms with Gasteiger partial charge < -0.3 is 10.2 Å². The van der Waals surface area contributed by atoms with Gasteiger partial charge in [-0.05, 0) is 24.6 Å². The fraction of sp³-hybridized carbons (Fsp3) is 0.278. The molecule has 0 aliphatic carbocycles. The van der Waals surface area contributed by atoms with Crippen molar-refractivity contribution >= 4 is 34.7 Å². The number of anilines is 2. The average Bonchev–Trinajstić information content (AvgIpc) is 3.21. The molecule has 0 radical (unpaired) electrons. The average molecular weight is 356 g/mol. The van der Waals surface area contributed by atoms with E-state index in [9.17, 15) is 4.79 Å². The number of rotatable bonds is 4. The number of nitrogens with one attached hydrogen (secondary N) is 1. The summed E-state index contributed by atoms with van der Waals surface area (Å²) in [6, 6.07) is 11.3. The van der Waals surface area contributed by atoms with Gasteiger partial charge >= 0.3 is 0 Å². The molecule has 1 aromatic carbocycles. The van der Waals surface area contributed by atoms with Crippen LogP contribution in [0.25, 0.3) is 5.65 Å². The van der Waals surface area contributed by atoms with E-state index in [2.05, 4.69) is 22.3 Å². The first-order valence-corrected chi connectivity index (χ1v) is 8.68. The van der Waals surface area contributed by atoms with Gasteiger partial charge in [0.25, 0.3) is 0 Å². The quantitative estimate of drug-likeness (QED) is 0.780. The highest BCUT2D eigenvalue weighted by Gasteiger charge is 2.31. The van der Waals surface area contributed by atoms with Crippen molar-refractivity contribution in [2.45, 2.75) is 25.8 Å². The van der Waals surface area contributed by atoms with Crippen LogP contribution >= 0.6 is 11.6 Å². The fourth-order valence-corrected chi connectivity index (χ4v) is 3.34. The number of hydrogen-bond acceptors (Lipinski definition) is 4. The summed E-state index contributed by atoms with van der Waals surface area (Å²) >= 11 is 6.05. The van der Waals surface area contributed by atoms with Crippen molar-refractivity contribution in [3.8, 4) is 0 Å². The molecule has 6 nitrogen and oxygen atoms in total. The molecule has 1 atom stereocenters. The number of aromatic nitrogens is 3. The molecule has 1 amide bonds. The van der Waals surface area contributed by atoms with Crippen molar-refractivity contribution in [3.05, 3.63) is 53.3 Å². The highest BCUT2D eigenvalue weighted by Crippen LogP contribution is 2.26. The molecule has 1 fully saturated rings. The van der Waals surface area contributed by atoms with Gasteiger partial charge in [-0.1, -0.05) is 24.6 Å². The Bertz CT molecular complexity index is 938. The zero-order valence-electron chi connectivity index (χ0n) is 13.8. The normalized spacial score (nSPS) is 17.4. The van der Waals surface area contributed by atoms with E-state index in [4.69, 9.17) is 11.6 Å².